The molecule has 0 saturated heterocycles. The second-order valence-electron chi connectivity index (χ2n) is 3.02. The summed E-state index contributed by atoms with van der Waals surface area (Å²) in [5.41, 5.74) is 0.876. The van der Waals surface area contributed by atoms with Gasteiger partial charge in [0.05, 0.1) is 0 Å². The lowest BCUT2D eigenvalue weighted by Crippen LogP contribution is -2.33. The molecule has 0 aliphatic heterocycles. The molecule has 0 bridgehead atoms. The van der Waals surface area contributed by atoms with Crippen LogP contribution < -0.4 is 5.32 Å². The van der Waals surface area contributed by atoms with Gasteiger partial charge in [-0.25, -0.2) is 9.97 Å². The van der Waals surface area contributed by atoms with Gasteiger partial charge in [0.25, 0.3) is 0 Å². The van der Waals surface area contributed by atoms with E-state index in [0.29, 0.717) is 11.7 Å². The molecule has 1 atom stereocenters. The van der Waals surface area contributed by atoms with E-state index in [4.69, 9.17) is 5.11 Å². The summed E-state index contributed by atoms with van der Waals surface area (Å²) in [6.07, 6.45) is 5.29. The standard InChI is InChI=1S/C9H13N3O2S/c1-6(8(13)14)10-3-7-4-11-9(15-2)12-5-7/h4-6,10H,3H2,1-2H3,(H,13,14). The molecule has 6 heteroatoms. The van der Waals surface area contributed by atoms with Crippen LogP contribution in [-0.2, 0) is 11.3 Å². The van der Waals surface area contributed by atoms with Crippen molar-refractivity contribution in [2.75, 3.05) is 6.26 Å². The number of rotatable bonds is 5. The topological polar surface area (TPSA) is 75.1 Å². The van der Waals surface area contributed by atoms with E-state index in [0.717, 1.165) is 5.56 Å². The highest BCUT2D eigenvalue weighted by molar-refractivity contribution is 7.98. The summed E-state index contributed by atoms with van der Waals surface area (Å²) in [6, 6.07) is -0.565. The van der Waals surface area contributed by atoms with Crippen LogP contribution in [0.1, 0.15) is 12.5 Å². The summed E-state index contributed by atoms with van der Waals surface area (Å²) >= 11 is 1.47. The molecule has 0 aromatic carbocycles. The van der Waals surface area contributed by atoms with Crippen molar-refractivity contribution in [2.45, 2.75) is 24.7 Å². The highest BCUT2D eigenvalue weighted by atomic mass is 32.2. The Labute approximate surface area is 92.3 Å². The Kier molecular flexibility index (Phi) is 4.51. The molecule has 1 heterocycles. The maximum Gasteiger partial charge on any atom is 0.320 e. The Morgan fingerprint density at radius 3 is 2.67 bits per heavy atom. The predicted octanol–water partition coefficient (Wildman–Crippen LogP) is 0.761. The third-order valence-corrected chi connectivity index (χ3v) is 2.42. The second-order valence-corrected chi connectivity index (χ2v) is 3.79. The Balaban J connectivity index is 2.47. The van der Waals surface area contributed by atoms with E-state index in [1.165, 1.54) is 11.8 Å². The average molecular weight is 227 g/mol. The normalized spacial score (nSPS) is 12.4. The lowest BCUT2D eigenvalue weighted by atomic mass is 10.3. The molecule has 0 spiro atoms. The molecule has 0 aliphatic carbocycles. The molecule has 1 aromatic heterocycles. The molecule has 0 saturated carbocycles. The Morgan fingerprint density at radius 2 is 2.20 bits per heavy atom. The van der Waals surface area contributed by atoms with Gasteiger partial charge in [-0.1, -0.05) is 11.8 Å². The zero-order chi connectivity index (χ0) is 11.3. The third-order valence-electron chi connectivity index (χ3n) is 1.85. The van der Waals surface area contributed by atoms with Crippen LogP contribution in [-0.4, -0.2) is 33.3 Å². The van der Waals surface area contributed by atoms with Crippen LogP contribution in [0.4, 0.5) is 0 Å². The Bertz CT molecular complexity index is 329. The number of hydrogen-bond acceptors (Lipinski definition) is 5. The lowest BCUT2D eigenvalue weighted by Gasteiger charge is -2.08. The van der Waals surface area contributed by atoms with Crippen LogP contribution in [0.25, 0.3) is 0 Å². The van der Waals surface area contributed by atoms with Crippen LogP contribution in [0.2, 0.25) is 0 Å². The Morgan fingerprint density at radius 1 is 1.60 bits per heavy atom. The van der Waals surface area contributed by atoms with Crippen molar-refractivity contribution >= 4 is 17.7 Å². The van der Waals surface area contributed by atoms with Crippen molar-refractivity contribution in [3.8, 4) is 0 Å². The summed E-state index contributed by atoms with van der Waals surface area (Å²) < 4.78 is 0. The number of carboxylic acid groups (broad SMARTS) is 1. The molecule has 82 valence electrons. The van der Waals surface area contributed by atoms with Crippen molar-refractivity contribution in [3.63, 3.8) is 0 Å². The van der Waals surface area contributed by atoms with E-state index in [2.05, 4.69) is 15.3 Å². The monoisotopic (exact) mass is 227 g/mol. The van der Waals surface area contributed by atoms with Crippen molar-refractivity contribution in [3.05, 3.63) is 18.0 Å². The minimum atomic E-state index is -0.864. The van der Waals surface area contributed by atoms with Crippen molar-refractivity contribution < 1.29 is 9.90 Å². The van der Waals surface area contributed by atoms with E-state index in [9.17, 15) is 4.79 Å². The van der Waals surface area contributed by atoms with Gasteiger partial charge in [-0.15, -0.1) is 0 Å². The molecule has 0 aliphatic rings. The van der Waals surface area contributed by atoms with Gasteiger partial charge >= 0.3 is 5.97 Å². The van der Waals surface area contributed by atoms with E-state index >= 15 is 0 Å². The SMILES string of the molecule is CSc1ncc(CNC(C)C(=O)O)cn1. The van der Waals surface area contributed by atoms with Gasteiger partial charge in [0.15, 0.2) is 5.16 Å². The highest BCUT2D eigenvalue weighted by Crippen LogP contribution is 2.06. The fraction of sp³-hybridized carbons (Fsp3) is 0.444. The van der Waals surface area contributed by atoms with Crippen LogP contribution in [0.3, 0.4) is 0 Å². The lowest BCUT2D eigenvalue weighted by molar-refractivity contribution is -0.139. The van der Waals surface area contributed by atoms with Crippen molar-refractivity contribution in [2.24, 2.45) is 0 Å². The van der Waals surface area contributed by atoms with Crippen molar-refractivity contribution in [1.82, 2.24) is 15.3 Å². The molecular formula is C9H13N3O2S. The van der Waals surface area contributed by atoms with Gasteiger partial charge < -0.3 is 10.4 Å². The Hall–Kier alpha value is -1.14. The summed E-state index contributed by atoms with van der Waals surface area (Å²) in [7, 11) is 0. The first-order valence-corrected chi connectivity index (χ1v) is 5.67. The molecule has 1 unspecified atom stereocenters. The van der Waals surface area contributed by atoms with Crippen LogP contribution in [0, 0.1) is 0 Å². The summed E-state index contributed by atoms with van der Waals surface area (Å²) in [5, 5.41) is 12.2. The number of nitrogens with zero attached hydrogens (tertiary/aromatic N) is 2. The van der Waals surface area contributed by atoms with E-state index in [1.54, 1.807) is 19.3 Å². The number of aromatic nitrogens is 2. The van der Waals surface area contributed by atoms with Crippen LogP contribution in [0.15, 0.2) is 17.6 Å². The molecule has 1 aromatic rings. The van der Waals surface area contributed by atoms with Crippen molar-refractivity contribution in [1.29, 1.82) is 0 Å². The molecule has 5 nitrogen and oxygen atoms in total. The highest BCUT2D eigenvalue weighted by Gasteiger charge is 2.09. The van der Waals surface area contributed by atoms with E-state index in [-0.39, 0.29) is 0 Å². The minimum absolute atomic E-state index is 0.460. The molecule has 1 rings (SSSR count). The van der Waals surface area contributed by atoms with Gasteiger partial charge in [0.1, 0.15) is 6.04 Å². The number of thioether (sulfide) groups is 1. The first-order chi connectivity index (χ1) is 7.13. The average Bonchev–Trinajstić information content (AvgIpc) is 2.26. The van der Waals surface area contributed by atoms with Crippen LogP contribution >= 0.6 is 11.8 Å². The van der Waals surface area contributed by atoms with Gasteiger partial charge in [-0.2, -0.15) is 0 Å². The van der Waals surface area contributed by atoms with Gasteiger partial charge in [-0.3, -0.25) is 4.79 Å². The largest absolute Gasteiger partial charge is 0.480 e. The minimum Gasteiger partial charge on any atom is -0.480 e. The smallest absolute Gasteiger partial charge is 0.320 e. The maximum absolute atomic E-state index is 10.5. The van der Waals surface area contributed by atoms with Gasteiger partial charge in [-0.05, 0) is 13.2 Å². The zero-order valence-corrected chi connectivity index (χ0v) is 9.41. The number of hydrogen-bond donors (Lipinski definition) is 2. The fourth-order valence-corrected chi connectivity index (χ4v) is 1.21. The van der Waals surface area contributed by atoms with E-state index in [1.807, 2.05) is 6.26 Å². The quantitative estimate of drug-likeness (QED) is 0.571. The molecule has 2 N–H and O–H groups in total. The number of carboxylic acids is 1. The molecular weight excluding hydrogens is 214 g/mol. The first kappa shape index (κ1) is 11.9. The summed E-state index contributed by atoms with van der Waals surface area (Å²) in [6.45, 7) is 2.06. The zero-order valence-electron chi connectivity index (χ0n) is 8.60. The number of carbonyl (C=O) groups is 1. The first-order valence-electron chi connectivity index (χ1n) is 4.44. The van der Waals surface area contributed by atoms with Gasteiger partial charge in [0, 0.05) is 24.5 Å². The molecule has 0 radical (unpaired) electrons. The second kappa shape index (κ2) is 5.67. The van der Waals surface area contributed by atoms with E-state index < -0.39 is 12.0 Å². The molecule has 15 heavy (non-hydrogen) atoms. The number of aliphatic carboxylic acids is 1. The van der Waals surface area contributed by atoms with Gasteiger partial charge in [0.2, 0.25) is 0 Å². The fourth-order valence-electron chi connectivity index (χ4n) is 0.898. The summed E-state index contributed by atoms with van der Waals surface area (Å²) in [5.74, 6) is -0.864. The maximum atomic E-state index is 10.5. The molecule has 0 fully saturated rings. The predicted molar refractivity (Wildman–Crippen MR) is 57.8 cm³/mol. The number of nitrogens with one attached hydrogen (secondary N) is 1. The van der Waals surface area contributed by atoms with Crippen LogP contribution in [0.5, 0.6) is 0 Å². The third kappa shape index (κ3) is 3.85. The molecule has 0 amide bonds. The summed E-state index contributed by atoms with van der Waals surface area (Å²) in [4.78, 5) is 18.7.